The molecule has 6 heteroatoms. The Morgan fingerprint density at radius 1 is 1.15 bits per heavy atom. The maximum atomic E-state index is 13.4. The van der Waals surface area contributed by atoms with Gasteiger partial charge in [0, 0.05) is 23.5 Å². The Morgan fingerprint density at radius 2 is 1.94 bits per heavy atom. The number of hydrogen-bond acceptors (Lipinski definition) is 4. The van der Waals surface area contributed by atoms with E-state index in [1.165, 1.54) is 12.1 Å². The first-order chi connectivity index (χ1) is 15.9. The van der Waals surface area contributed by atoms with Crippen molar-refractivity contribution in [2.45, 2.75) is 57.8 Å². The molecule has 1 amide bonds. The van der Waals surface area contributed by atoms with Gasteiger partial charge >= 0.3 is 0 Å². The van der Waals surface area contributed by atoms with E-state index in [1.54, 1.807) is 7.11 Å². The van der Waals surface area contributed by atoms with Gasteiger partial charge in [-0.15, -0.1) is 0 Å². The molecule has 2 aromatic rings. The topological polar surface area (TPSA) is 44.8 Å². The molecule has 2 saturated heterocycles. The number of halogens is 1. The van der Waals surface area contributed by atoms with Crippen LogP contribution in [-0.2, 0) is 4.79 Å². The van der Waals surface area contributed by atoms with E-state index in [0.29, 0.717) is 0 Å². The quantitative estimate of drug-likeness (QED) is 0.641. The summed E-state index contributed by atoms with van der Waals surface area (Å²) >= 11 is 0. The normalized spacial score (nSPS) is 25.8. The monoisotopic (exact) mass is 447 g/mol. The summed E-state index contributed by atoms with van der Waals surface area (Å²) in [6, 6.07) is 12.9. The van der Waals surface area contributed by atoms with Crippen molar-refractivity contribution >= 4 is 17.7 Å². The predicted octanol–water partition coefficient (Wildman–Crippen LogP) is 5.36. The third-order valence-electron chi connectivity index (χ3n) is 6.97. The van der Waals surface area contributed by atoms with E-state index >= 15 is 0 Å². The van der Waals surface area contributed by atoms with Crippen molar-refractivity contribution in [1.29, 1.82) is 0 Å². The number of benzene rings is 2. The van der Waals surface area contributed by atoms with Gasteiger partial charge in [-0.1, -0.05) is 18.2 Å². The van der Waals surface area contributed by atoms with Gasteiger partial charge in [0.25, 0.3) is 5.91 Å². The average molecular weight is 448 g/mol. The number of nitrogens with zero attached hydrogens (tertiary/aromatic N) is 2. The minimum Gasteiger partial charge on any atom is -0.495 e. The Balaban J connectivity index is 1.42. The Bertz CT molecular complexity index is 1120. The van der Waals surface area contributed by atoms with E-state index in [1.807, 2.05) is 48.2 Å². The van der Waals surface area contributed by atoms with Crippen LogP contribution in [-0.4, -0.2) is 30.1 Å². The number of fused-ring (bicyclic) bond motifs is 1. The Labute approximate surface area is 194 Å². The lowest BCUT2D eigenvalue weighted by Gasteiger charge is -2.37. The highest BCUT2D eigenvalue weighted by Crippen LogP contribution is 2.42. The number of ether oxygens (including phenoxy) is 1. The highest BCUT2D eigenvalue weighted by Gasteiger charge is 2.42. The zero-order valence-electron chi connectivity index (χ0n) is 19.3. The molecule has 172 valence electrons. The lowest BCUT2D eigenvalue weighted by atomic mass is 9.91. The van der Waals surface area contributed by atoms with Crippen molar-refractivity contribution in [2.24, 2.45) is 0 Å². The molecule has 5 nitrogen and oxygen atoms in total. The van der Waals surface area contributed by atoms with E-state index in [2.05, 4.69) is 23.3 Å². The predicted molar refractivity (Wildman–Crippen MR) is 128 cm³/mol. The maximum Gasteiger partial charge on any atom is 0.250 e. The SMILES string of the molecule is COc1cc(/C=C2\C[C@@H]3CCC[C@@H](c4ccc(F)cc4)N3C2=O)ccc1N1C=C(C)NC1C. The minimum atomic E-state index is -0.249. The Kier molecular flexibility index (Phi) is 5.60. The third-order valence-corrected chi connectivity index (χ3v) is 6.97. The molecule has 2 fully saturated rings. The fourth-order valence-corrected chi connectivity index (χ4v) is 5.46. The molecular formula is C27H30FN3O2. The molecule has 3 aliphatic rings. The Morgan fingerprint density at radius 3 is 2.64 bits per heavy atom. The van der Waals surface area contributed by atoms with Crippen molar-refractivity contribution in [2.75, 3.05) is 12.0 Å². The summed E-state index contributed by atoms with van der Waals surface area (Å²) < 4.78 is 19.1. The molecule has 0 bridgehead atoms. The lowest BCUT2D eigenvalue weighted by molar-refractivity contribution is -0.130. The minimum absolute atomic E-state index is 0.0128. The fourth-order valence-electron chi connectivity index (χ4n) is 5.46. The molecule has 0 spiro atoms. The van der Waals surface area contributed by atoms with Crippen LogP contribution in [0.3, 0.4) is 0 Å². The molecule has 5 rings (SSSR count). The van der Waals surface area contributed by atoms with Crippen molar-refractivity contribution in [3.63, 3.8) is 0 Å². The standard InChI is InChI=1S/C27H30FN3O2/c1-17-16-30(18(2)29-17)25-12-7-19(14-26(25)33-3)13-21-15-23-5-4-6-24(31(23)27(21)32)20-8-10-22(28)11-9-20/h7-14,16,18,23-24,29H,4-6,15H2,1-3H3/b21-13+/t18?,23-,24-/m0/s1. The van der Waals surface area contributed by atoms with E-state index in [9.17, 15) is 9.18 Å². The van der Waals surface area contributed by atoms with Gasteiger partial charge in [0.15, 0.2) is 0 Å². The average Bonchev–Trinajstić information content (AvgIpc) is 3.32. The molecule has 1 N–H and O–H groups in total. The summed E-state index contributed by atoms with van der Waals surface area (Å²) in [5.74, 6) is 0.617. The first kappa shape index (κ1) is 21.6. The third kappa shape index (κ3) is 3.99. The first-order valence-electron chi connectivity index (χ1n) is 11.6. The van der Waals surface area contributed by atoms with Crippen LogP contribution in [0.5, 0.6) is 5.75 Å². The number of hydrogen-bond donors (Lipinski definition) is 1. The van der Waals surface area contributed by atoms with Crippen molar-refractivity contribution in [3.05, 3.63) is 76.9 Å². The fraction of sp³-hybridized carbons (Fsp3) is 0.370. The summed E-state index contributed by atoms with van der Waals surface area (Å²) in [6.45, 7) is 4.15. The van der Waals surface area contributed by atoms with Gasteiger partial charge in [-0.05, 0) is 81.0 Å². The molecule has 0 aliphatic carbocycles. The summed E-state index contributed by atoms with van der Waals surface area (Å²) in [6.07, 6.45) is 7.97. The summed E-state index contributed by atoms with van der Waals surface area (Å²) in [4.78, 5) is 17.6. The number of carbonyl (C=O) groups is 1. The van der Waals surface area contributed by atoms with Gasteiger partial charge in [-0.3, -0.25) is 4.79 Å². The number of methoxy groups -OCH3 is 1. The molecule has 3 heterocycles. The largest absolute Gasteiger partial charge is 0.495 e. The number of amides is 1. The molecule has 0 saturated carbocycles. The molecule has 2 aromatic carbocycles. The van der Waals surface area contributed by atoms with Crippen molar-refractivity contribution in [3.8, 4) is 5.75 Å². The number of anilines is 1. The number of rotatable bonds is 4. The highest BCUT2D eigenvalue weighted by molar-refractivity contribution is 6.00. The van der Waals surface area contributed by atoms with E-state index in [4.69, 9.17) is 4.74 Å². The lowest BCUT2D eigenvalue weighted by Crippen LogP contribution is -2.39. The molecule has 0 radical (unpaired) electrons. The zero-order chi connectivity index (χ0) is 23.1. The molecule has 3 aliphatic heterocycles. The second-order valence-corrected chi connectivity index (χ2v) is 9.21. The van der Waals surface area contributed by atoms with Gasteiger partial charge in [0.1, 0.15) is 17.7 Å². The van der Waals surface area contributed by atoms with Crippen molar-refractivity contribution < 1.29 is 13.9 Å². The van der Waals surface area contributed by atoms with Gasteiger partial charge < -0.3 is 19.9 Å². The maximum absolute atomic E-state index is 13.4. The number of piperidine rings is 1. The summed E-state index contributed by atoms with van der Waals surface area (Å²) in [5, 5.41) is 3.39. The second kappa shape index (κ2) is 8.58. The number of carbonyl (C=O) groups excluding carboxylic acids is 1. The van der Waals surface area contributed by atoms with Crippen LogP contribution in [0.25, 0.3) is 6.08 Å². The molecule has 1 unspecified atom stereocenters. The highest BCUT2D eigenvalue weighted by atomic mass is 19.1. The van der Waals surface area contributed by atoms with Crippen LogP contribution in [0.15, 0.2) is 59.9 Å². The van der Waals surface area contributed by atoms with Gasteiger partial charge in [-0.25, -0.2) is 4.39 Å². The van der Waals surface area contributed by atoms with Crippen LogP contribution in [0, 0.1) is 5.82 Å². The van der Waals surface area contributed by atoms with E-state index in [-0.39, 0.29) is 30.0 Å². The zero-order valence-corrected chi connectivity index (χ0v) is 19.3. The van der Waals surface area contributed by atoms with E-state index < -0.39 is 0 Å². The van der Waals surface area contributed by atoms with E-state index in [0.717, 1.165) is 59.5 Å². The molecule has 0 aromatic heterocycles. The van der Waals surface area contributed by atoms with Gasteiger partial charge in [0.05, 0.1) is 18.8 Å². The summed E-state index contributed by atoms with van der Waals surface area (Å²) in [7, 11) is 1.68. The van der Waals surface area contributed by atoms with Gasteiger partial charge in [-0.2, -0.15) is 0 Å². The van der Waals surface area contributed by atoms with Crippen molar-refractivity contribution in [1.82, 2.24) is 10.2 Å². The van der Waals surface area contributed by atoms with Crippen LogP contribution < -0.4 is 15.0 Å². The number of nitrogens with one attached hydrogen (secondary N) is 1. The molecule has 3 atom stereocenters. The van der Waals surface area contributed by atoms with Gasteiger partial charge in [0.2, 0.25) is 0 Å². The van der Waals surface area contributed by atoms with Crippen LogP contribution in [0.4, 0.5) is 10.1 Å². The first-order valence-corrected chi connectivity index (χ1v) is 11.6. The van der Waals surface area contributed by atoms with Crippen LogP contribution in [0.1, 0.15) is 56.7 Å². The molecular weight excluding hydrogens is 417 g/mol. The molecule has 33 heavy (non-hydrogen) atoms. The van der Waals surface area contributed by atoms with Crippen LogP contribution in [0.2, 0.25) is 0 Å². The Hall–Kier alpha value is -3.28. The number of allylic oxidation sites excluding steroid dienone is 1. The smallest absolute Gasteiger partial charge is 0.250 e. The van der Waals surface area contributed by atoms with Crippen LogP contribution >= 0.6 is 0 Å². The second-order valence-electron chi connectivity index (χ2n) is 9.21. The summed E-state index contributed by atoms with van der Waals surface area (Å²) in [5.41, 5.74) is 4.90.